The second-order valence-corrected chi connectivity index (χ2v) is 15.3. The number of fused-ring (bicyclic) bond motifs is 7. The summed E-state index contributed by atoms with van der Waals surface area (Å²) in [6.45, 7) is 18.8. The van der Waals surface area contributed by atoms with E-state index in [1.807, 2.05) is 0 Å². The zero-order valence-corrected chi connectivity index (χ0v) is 25.0. The second kappa shape index (κ2) is 8.59. The molecule has 0 aromatic rings. The van der Waals surface area contributed by atoms with E-state index in [1.54, 1.807) is 19.6 Å². The van der Waals surface area contributed by atoms with Crippen molar-refractivity contribution >= 4 is 11.9 Å². The summed E-state index contributed by atoms with van der Waals surface area (Å²) >= 11 is 0. The van der Waals surface area contributed by atoms with E-state index >= 15 is 0 Å². The zero-order chi connectivity index (χ0) is 27.2. The molecule has 5 aliphatic carbocycles. The lowest BCUT2D eigenvalue weighted by Crippen LogP contribution is -2.65. The molecule has 4 fully saturated rings. The van der Waals surface area contributed by atoms with Crippen molar-refractivity contribution in [1.29, 1.82) is 0 Å². The van der Waals surface area contributed by atoms with Crippen molar-refractivity contribution < 1.29 is 19.1 Å². The second-order valence-electron chi connectivity index (χ2n) is 15.3. The van der Waals surface area contributed by atoms with Crippen LogP contribution in [0.4, 0.5) is 0 Å². The van der Waals surface area contributed by atoms with E-state index in [4.69, 9.17) is 9.47 Å². The minimum atomic E-state index is -0.347. The summed E-state index contributed by atoms with van der Waals surface area (Å²) in [4.78, 5) is 25.4. The monoisotopic (exact) mass is 512 g/mol. The van der Waals surface area contributed by atoms with Gasteiger partial charge in [0.1, 0.15) is 6.10 Å². The third-order valence-electron chi connectivity index (χ3n) is 13.8. The van der Waals surface area contributed by atoms with Crippen LogP contribution in [0.15, 0.2) is 11.6 Å². The van der Waals surface area contributed by atoms with Crippen LogP contribution in [0.2, 0.25) is 0 Å². The van der Waals surface area contributed by atoms with Crippen molar-refractivity contribution in [3.8, 4) is 0 Å². The van der Waals surface area contributed by atoms with Crippen LogP contribution in [-0.2, 0) is 19.1 Å². The molecule has 0 heterocycles. The standard InChI is InChI=1S/C33H52O4/c1-20-12-17-33(28(35)36-9)19-18-31(7)23(27(33)21(20)2)10-11-25-30(6)15-14-26(37-22(3)34)29(4,5)24(30)13-16-32(25,31)8/h10,20-21,24-27H,11-19H2,1-9H3/t20-,21+,24+,25-,26+,27?,30+,31-,32-,33?/m1/s1. The van der Waals surface area contributed by atoms with E-state index < -0.39 is 0 Å². The lowest BCUT2D eigenvalue weighted by molar-refractivity contribution is -0.214. The minimum absolute atomic E-state index is 0.0117. The normalized spacial score (nSPS) is 50.4. The average Bonchev–Trinajstić information content (AvgIpc) is 2.83. The van der Waals surface area contributed by atoms with Crippen LogP contribution in [0.25, 0.3) is 0 Å². The lowest BCUT2D eigenvalue weighted by Gasteiger charge is -2.71. The summed E-state index contributed by atoms with van der Waals surface area (Å²) in [6, 6.07) is 0. The van der Waals surface area contributed by atoms with Crippen molar-refractivity contribution in [2.45, 2.75) is 119 Å². The number of methoxy groups -OCH3 is 1. The molecule has 0 aliphatic heterocycles. The van der Waals surface area contributed by atoms with Crippen LogP contribution in [-0.4, -0.2) is 25.2 Å². The Labute approximate surface area is 225 Å². The highest BCUT2D eigenvalue weighted by molar-refractivity contribution is 5.78. The molecule has 0 aromatic carbocycles. The van der Waals surface area contributed by atoms with Gasteiger partial charge in [-0.05, 0) is 104 Å². The van der Waals surface area contributed by atoms with Gasteiger partial charge >= 0.3 is 11.9 Å². The highest BCUT2D eigenvalue weighted by Gasteiger charge is 2.69. The third kappa shape index (κ3) is 3.45. The highest BCUT2D eigenvalue weighted by Crippen LogP contribution is 2.76. The van der Waals surface area contributed by atoms with Crippen molar-refractivity contribution in [3.63, 3.8) is 0 Å². The number of allylic oxidation sites excluding steroid dienone is 2. The number of hydrogen-bond donors (Lipinski definition) is 0. The number of carbonyl (C=O) groups excluding carboxylic acids is 2. The van der Waals surface area contributed by atoms with Gasteiger partial charge in [-0.3, -0.25) is 9.59 Å². The first-order valence-corrected chi connectivity index (χ1v) is 15.2. The van der Waals surface area contributed by atoms with E-state index in [2.05, 4.69) is 54.5 Å². The van der Waals surface area contributed by atoms with Gasteiger partial charge in [-0.25, -0.2) is 0 Å². The molecule has 0 N–H and O–H groups in total. The molecule has 5 aliphatic rings. The maximum Gasteiger partial charge on any atom is 0.312 e. The molecular weight excluding hydrogens is 460 g/mol. The van der Waals surface area contributed by atoms with E-state index in [-0.39, 0.29) is 45.1 Å². The van der Waals surface area contributed by atoms with Gasteiger partial charge in [0.15, 0.2) is 0 Å². The Bertz CT molecular complexity index is 996. The lowest BCUT2D eigenvalue weighted by atomic mass is 9.33. The molecule has 2 unspecified atom stereocenters. The van der Waals surface area contributed by atoms with E-state index in [0.29, 0.717) is 29.6 Å². The Balaban J connectivity index is 1.57. The minimum Gasteiger partial charge on any atom is -0.469 e. The van der Waals surface area contributed by atoms with E-state index in [0.717, 1.165) is 44.9 Å². The summed E-state index contributed by atoms with van der Waals surface area (Å²) in [5, 5.41) is 0. The molecule has 0 bridgehead atoms. The molecule has 10 atom stereocenters. The molecule has 0 aromatic heterocycles. The van der Waals surface area contributed by atoms with Gasteiger partial charge in [0, 0.05) is 12.3 Å². The average molecular weight is 513 g/mol. The highest BCUT2D eigenvalue weighted by atomic mass is 16.5. The number of rotatable bonds is 2. The molecule has 208 valence electrons. The topological polar surface area (TPSA) is 52.6 Å². The Morgan fingerprint density at radius 2 is 1.59 bits per heavy atom. The van der Waals surface area contributed by atoms with Gasteiger partial charge in [-0.2, -0.15) is 0 Å². The van der Waals surface area contributed by atoms with Gasteiger partial charge in [0.25, 0.3) is 0 Å². The van der Waals surface area contributed by atoms with Crippen LogP contribution in [0.5, 0.6) is 0 Å². The van der Waals surface area contributed by atoms with Crippen LogP contribution < -0.4 is 0 Å². The summed E-state index contributed by atoms with van der Waals surface area (Å²) in [7, 11) is 1.59. The molecule has 4 heteroatoms. The zero-order valence-electron chi connectivity index (χ0n) is 25.0. The Hall–Kier alpha value is -1.32. The summed E-state index contributed by atoms with van der Waals surface area (Å²) in [6.07, 6.45) is 12.4. The predicted octanol–water partition coefficient (Wildman–Crippen LogP) is 7.75. The van der Waals surface area contributed by atoms with Crippen LogP contribution in [0.1, 0.15) is 113 Å². The third-order valence-corrected chi connectivity index (χ3v) is 13.8. The molecule has 5 rings (SSSR count). The first-order chi connectivity index (χ1) is 17.2. The Kier molecular flexibility index (Phi) is 6.33. The van der Waals surface area contributed by atoms with Gasteiger partial charge in [0.05, 0.1) is 12.5 Å². The van der Waals surface area contributed by atoms with Crippen molar-refractivity contribution in [2.75, 3.05) is 7.11 Å². The Morgan fingerprint density at radius 1 is 0.892 bits per heavy atom. The fourth-order valence-electron chi connectivity index (χ4n) is 11.4. The maximum absolute atomic E-state index is 13.4. The van der Waals surface area contributed by atoms with Crippen molar-refractivity contribution in [2.24, 2.45) is 56.7 Å². The first kappa shape index (κ1) is 27.3. The number of ether oxygens (including phenoxy) is 2. The molecule has 0 radical (unpaired) electrons. The quantitative estimate of drug-likeness (QED) is 0.280. The fourth-order valence-corrected chi connectivity index (χ4v) is 11.4. The van der Waals surface area contributed by atoms with Crippen LogP contribution >= 0.6 is 0 Å². The van der Waals surface area contributed by atoms with Gasteiger partial charge in [-0.15, -0.1) is 0 Å². The molecule has 4 nitrogen and oxygen atoms in total. The van der Waals surface area contributed by atoms with E-state index in [9.17, 15) is 9.59 Å². The molecule has 0 saturated heterocycles. The first-order valence-electron chi connectivity index (χ1n) is 15.2. The molecule has 0 spiro atoms. The van der Waals surface area contributed by atoms with Crippen molar-refractivity contribution in [3.05, 3.63) is 11.6 Å². The summed E-state index contributed by atoms with van der Waals surface area (Å²) < 4.78 is 11.4. The van der Waals surface area contributed by atoms with Crippen molar-refractivity contribution in [1.82, 2.24) is 0 Å². The smallest absolute Gasteiger partial charge is 0.312 e. The Morgan fingerprint density at radius 3 is 2.24 bits per heavy atom. The maximum atomic E-state index is 13.4. The summed E-state index contributed by atoms with van der Waals surface area (Å²) in [5.74, 6) is 2.45. The number of hydrogen-bond acceptors (Lipinski definition) is 4. The van der Waals surface area contributed by atoms with Gasteiger partial charge < -0.3 is 9.47 Å². The largest absolute Gasteiger partial charge is 0.469 e. The van der Waals surface area contributed by atoms with E-state index in [1.165, 1.54) is 12.8 Å². The predicted molar refractivity (Wildman–Crippen MR) is 147 cm³/mol. The fraction of sp³-hybridized carbons (Fsp3) is 0.879. The molecule has 0 amide bonds. The van der Waals surface area contributed by atoms with Gasteiger partial charge in [-0.1, -0.05) is 60.1 Å². The van der Waals surface area contributed by atoms with Crippen LogP contribution in [0, 0.1) is 56.7 Å². The van der Waals surface area contributed by atoms with Gasteiger partial charge in [0.2, 0.25) is 0 Å². The molecular formula is C33H52O4. The SMILES string of the molecule is COC(=O)C12CC[C@@H](C)[C@H](C)C1C1=CC[C@@H]3[C@@]4(C)CC[C@H](OC(C)=O)C(C)(C)[C@@H]4CC[C@@]3(C)[C@]1(C)CC2. The van der Waals surface area contributed by atoms with Crippen LogP contribution in [0.3, 0.4) is 0 Å². The molecule has 37 heavy (non-hydrogen) atoms. The molecule has 4 saturated carbocycles. The number of esters is 2. The summed E-state index contributed by atoms with van der Waals surface area (Å²) in [5.41, 5.74) is 1.76. The number of carbonyl (C=O) groups is 2.